The van der Waals surface area contributed by atoms with Crippen LogP contribution >= 0.6 is 0 Å². The minimum absolute atomic E-state index is 0.214. The average molecular weight is 296 g/mol. The number of carbonyl (C=O) groups excluding carboxylic acids is 1. The van der Waals surface area contributed by atoms with Crippen molar-refractivity contribution in [3.05, 3.63) is 59.2 Å². The molecule has 22 heavy (non-hydrogen) atoms. The Bertz CT molecular complexity index is 703. The van der Waals surface area contributed by atoms with Crippen LogP contribution in [0.15, 0.2) is 42.5 Å². The molecule has 0 fully saturated rings. The van der Waals surface area contributed by atoms with E-state index in [-0.39, 0.29) is 5.91 Å². The highest BCUT2D eigenvalue weighted by Crippen LogP contribution is 2.30. The number of nitriles is 1. The SMILES string of the molecule is COc1cccc(CNC(=O)c2ccc(C#N)cc2)c1OC. The van der Waals surface area contributed by atoms with Gasteiger partial charge in [-0.1, -0.05) is 12.1 Å². The van der Waals surface area contributed by atoms with Crippen LogP contribution in [0.4, 0.5) is 0 Å². The number of amides is 1. The van der Waals surface area contributed by atoms with Gasteiger partial charge in [0.05, 0.1) is 25.9 Å². The second-order valence-electron chi connectivity index (χ2n) is 4.52. The number of hydrogen-bond donors (Lipinski definition) is 1. The molecule has 2 aromatic carbocycles. The van der Waals surface area contributed by atoms with Gasteiger partial charge in [-0.05, 0) is 30.3 Å². The molecule has 0 radical (unpaired) electrons. The van der Waals surface area contributed by atoms with Crippen molar-refractivity contribution in [3.63, 3.8) is 0 Å². The molecule has 0 heterocycles. The molecule has 5 nitrogen and oxygen atoms in total. The average Bonchev–Trinajstić information content (AvgIpc) is 2.59. The van der Waals surface area contributed by atoms with E-state index < -0.39 is 0 Å². The van der Waals surface area contributed by atoms with E-state index in [2.05, 4.69) is 5.32 Å². The quantitative estimate of drug-likeness (QED) is 0.920. The Morgan fingerprint density at radius 2 is 1.86 bits per heavy atom. The van der Waals surface area contributed by atoms with Crippen LogP contribution in [0.1, 0.15) is 21.5 Å². The van der Waals surface area contributed by atoms with Crippen LogP contribution in [0.25, 0.3) is 0 Å². The molecule has 1 amide bonds. The number of para-hydroxylation sites is 1. The maximum atomic E-state index is 12.1. The molecule has 1 N–H and O–H groups in total. The number of rotatable bonds is 5. The summed E-state index contributed by atoms with van der Waals surface area (Å²) in [4.78, 5) is 12.1. The second-order valence-corrected chi connectivity index (χ2v) is 4.52. The Labute approximate surface area is 129 Å². The van der Waals surface area contributed by atoms with E-state index in [0.29, 0.717) is 29.2 Å². The third kappa shape index (κ3) is 3.36. The Morgan fingerprint density at radius 1 is 1.14 bits per heavy atom. The van der Waals surface area contributed by atoms with Crippen LogP contribution in [0.3, 0.4) is 0 Å². The van der Waals surface area contributed by atoms with E-state index >= 15 is 0 Å². The van der Waals surface area contributed by atoms with Gasteiger partial charge in [-0.15, -0.1) is 0 Å². The summed E-state index contributed by atoms with van der Waals surface area (Å²) in [7, 11) is 3.13. The monoisotopic (exact) mass is 296 g/mol. The van der Waals surface area contributed by atoms with Crippen molar-refractivity contribution in [2.45, 2.75) is 6.54 Å². The van der Waals surface area contributed by atoms with Crippen molar-refractivity contribution in [1.82, 2.24) is 5.32 Å². The predicted molar refractivity (Wildman–Crippen MR) is 81.9 cm³/mol. The first-order chi connectivity index (χ1) is 10.7. The maximum Gasteiger partial charge on any atom is 0.251 e. The summed E-state index contributed by atoms with van der Waals surface area (Å²) in [6, 6.07) is 14.0. The van der Waals surface area contributed by atoms with Crippen LogP contribution in [-0.4, -0.2) is 20.1 Å². The van der Waals surface area contributed by atoms with Crippen molar-refractivity contribution in [3.8, 4) is 17.6 Å². The maximum absolute atomic E-state index is 12.1. The van der Waals surface area contributed by atoms with Crippen LogP contribution in [0.2, 0.25) is 0 Å². The van der Waals surface area contributed by atoms with Gasteiger partial charge in [0.25, 0.3) is 5.91 Å². The number of hydrogen-bond acceptors (Lipinski definition) is 4. The lowest BCUT2D eigenvalue weighted by Crippen LogP contribution is -2.23. The van der Waals surface area contributed by atoms with Crippen LogP contribution in [0, 0.1) is 11.3 Å². The molecule has 0 aliphatic heterocycles. The summed E-state index contributed by atoms with van der Waals surface area (Å²) in [6.07, 6.45) is 0. The van der Waals surface area contributed by atoms with Crippen LogP contribution in [0.5, 0.6) is 11.5 Å². The summed E-state index contributed by atoms with van der Waals surface area (Å²) in [5.74, 6) is 1.01. The number of benzene rings is 2. The number of carbonyl (C=O) groups is 1. The van der Waals surface area contributed by atoms with Gasteiger partial charge < -0.3 is 14.8 Å². The van der Waals surface area contributed by atoms with Crippen molar-refractivity contribution in [1.29, 1.82) is 5.26 Å². The second kappa shape index (κ2) is 7.14. The van der Waals surface area contributed by atoms with E-state index in [9.17, 15) is 4.79 Å². The largest absolute Gasteiger partial charge is 0.493 e. The van der Waals surface area contributed by atoms with Crippen molar-refractivity contribution < 1.29 is 14.3 Å². The van der Waals surface area contributed by atoms with E-state index in [0.717, 1.165) is 5.56 Å². The Balaban J connectivity index is 2.09. The van der Waals surface area contributed by atoms with E-state index in [1.165, 1.54) is 0 Å². The number of ether oxygens (including phenoxy) is 2. The van der Waals surface area contributed by atoms with Gasteiger partial charge in [-0.2, -0.15) is 5.26 Å². The summed E-state index contributed by atoms with van der Waals surface area (Å²) in [6.45, 7) is 0.319. The molecule has 0 aliphatic rings. The topological polar surface area (TPSA) is 71.3 Å². The molecule has 2 aromatic rings. The highest BCUT2D eigenvalue weighted by molar-refractivity contribution is 5.94. The highest BCUT2D eigenvalue weighted by Gasteiger charge is 2.11. The normalized spacial score (nSPS) is 9.68. The fourth-order valence-electron chi connectivity index (χ4n) is 2.07. The first kappa shape index (κ1) is 15.4. The van der Waals surface area contributed by atoms with E-state index in [4.69, 9.17) is 14.7 Å². The van der Waals surface area contributed by atoms with Gasteiger partial charge in [0, 0.05) is 17.7 Å². The molecule has 0 spiro atoms. The molecule has 0 atom stereocenters. The zero-order valence-electron chi connectivity index (χ0n) is 12.4. The molecular weight excluding hydrogens is 280 g/mol. The molecule has 0 aliphatic carbocycles. The van der Waals surface area contributed by atoms with Gasteiger partial charge in [0.1, 0.15) is 0 Å². The molecule has 0 saturated carbocycles. The third-order valence-electron chi connectivity index (χ3n) is 3.20. The van der Waals surface area contributed by atoms with Gasteiger partial charge in [0.15, 0.2) is 11.5 Å². The Kier molecular flexibility index (Phi) is 4.99. The van der Waals surface area contributed by atoms with Crippen molar-refractivity contribution in [2.24, 2.45) is 0 Å². The van der Waals surface area contributed by atoms with Crippen molar-refractivity contribution in [2.75, 3.05) is 14.2 Å². The standard InChI is InChI=1S/C17H16N2O3/c1-21-15-5-3-4-14(16(15)22-2)11-19-17(20)13-8-6-12(10-18)7-9-13/h3-9H,11H2,1-2H3,(H,19,20). The molecule has 0 saturated heterocycles. The summed E-state index contributed by atoms with van der Waals surface area (Å²) >= 11 is 0. The predicted octanol–water partition coefficient (Wildman–Crippen LogP) is 2.51. The molecule has 112 valence electrons. The van der Waals surface area contributed by atoms with Gasteiger partial charge in [0.2, 0.25) is 0 Å². The van der Waals surface area contributed by atoms with Gasteiger partial charge in [-0.25, -0.2) is 0 Å². The van der Waals surface area contributed by atoms with Crippen LogP contribution < -0.4 is 14.8 Å². The van der Waals surface area contributed by atoms with Crippen molar-refractivity contribution >= 4 is 5.91 Å². The summed E-state index contributed by atoms with van der Waals surface area (Å²) in [5.41, 5.74) is 1.84. The number of nitrogens with zero attached hydrogens (tertiary/aromatic N) is 1. The number of nitrogens with one attached hydrogen (secondary N) is 1. The van der Waals surface area contributed by atoms with Gasteiger partial charge >= 0.3 is 0 Å². The lowest BCUT2D eigenvalue weighted by Gasteiger charge is -2.13. The Morgan fingerprint density at radius 3 is 2.45 bits per heavy atom. The first-order valence-corrected chi connectivity index (χ1v) is 6.67. The zero-order chi connectivity index (χ0) is 15.9. The molecule has 5 heteroatoms. The fourth-order valence-corrected chi connectivity index (χ4v) is 2.07. The van der Waals surface area contributed by atoms with Crippen LogP contribution in [-0.2, 0) is 6.54 Å². The minimum Gasteiger partial charge on any atom is -0.493 e. The third-order valence-corrected chi connectivity index (χ3v) is 3.20. The molecule has 0 aromatic heterocycles. The molecule has 2 rings (SSSR count). The summed E-state index contributed by atoms with van der Waals surface area (Å²) in [5, 5.41) is 11.6. The smallest absolute Gasteiger partial charge is 0.251 e. The minimum atomic E-state index is -0.214. The lowest BCUT2D eigenvalue weighted by molar-refractivity contribution is 0.0950. The first-order valence-electron chi connectivity index (χ1n) is 6.67. The van der Waals surface area contributed by atoms with Gasteiger partial charge in [-0.3, -0.25) is 4.79 Å². The molecular formula is C17H16N2O3. The van der Waals surface area contributed by atoms with E-state index in [1.54, 1.807) is 44.6 Å². The molecule has 0 unspecified atom stereocenters. The fraction of sp³-hybridized carbons (Fsp3) is 0.176. The lowest BCUT2D eigenvalue weighted by atomic mass is 10.1. The molecule has 0 bridgehead atoms. The summed E-state index contributed by atoms with van der Waals surface area (Å²) < 4.78 is 10.5. The number of methoxy groups -OCH3 is 2. The zero-order valence-corrected chi connectivity index (χ0v) is 12.4. The highest BCUT2D eigenvalue weighted by atomic mass is 16.5. The Hall–Kier alpha value is -3.00. The van der Waals surface area contributed by atoms with E-state index in [1.807, 2.05) is 18.2 Å².